The predicted molar refractivity (Wildman–Crippen MR) is 147 cm³/mol. The number of carbonyl (C=O) groups is 1. The van der Waals surface area contributed by atoms with Gasteiger partial charge in [-0.05, 0) is 80.0 Å². The van der Waals surface area contributed by atoms with Gasteiger partial charge in [0.05, 0.1) is 15.6 Å². The van der Waals surface area contributed by atoms with E-state index in [4.69, 9.17) is 28.2 Å². The van der Waals surface area contributed by atoms with Gasteiger partial charge in [0.2, 0.25) is 5.89 Å². The van der Waals surface area contributed by atoms with Gasteiger partial charge >= 0.3 is 0 Å². The molecule has 1 amide bonds. The number of anilines is 2. The third-order valence-corrected chi connectivity index (χ3v) is 6.65. The smallest absolute Gasteiger partial charge is 0.293 e. The molecule has 3 aromatic carbocycles. The van der Waals surface area contributed by atoms with Crippen LogP contribution in [0.5, 0.6) is 0 Å². The third-order valence-electron chi connectivity index (χ3n) is 6.11. The number of aryl methyl sites for hydroxylation is 1. The van der Waals surface area contributed by atoms with E-state index < -0.39 is 10.8 Å². The number of oxazole rings is 1. The highest BCUT2D eigenvalue weighted by Gasteiger charge is 2.24. The molecule has 4 aromatic rings. The van der Waals surface area contributed by atoms with Crippen molar-refractivity contribution in [3.63, 3.8) is 0 Å². The molecule has 0 atom stereocenters. The average molecular weight is 536 g/mol. The maximum Gasteiger partial charge on any atom is 0.293 e. The summed E-state index contributed by atoms with van der Waals surface area (Å²) in [4.78, 5) is 30.5. The zero-order valence-electron chi connectivity index (χ0n) is 19.8. The predicted octanol–water partition coefficient (Wildman–Crippen LogP) is 6.09. The zero-order valence-corrected chi connectivity index (χ0v) is 21.4. The summed E-state index contributed by atoms with van der Waals surface area (Å²) in [5, 5.41) is 17.5. The fourth-order valence-corrected chi connectivity index (χ4v) is 4.64. The van der Waals surface area contributed by atoms with Gasteiger partial charge in [0.15, 0.2) is 10.7 Å². The van der Waals surface area contributed by atoms with Crippen molar-refractivity contribution >= 4 is 63.0 Å². The molecule has 0 aliphatic carbocycles. The van der Waals surface area contributed by atoms with Crippen molar-refractivity contribution in [3.8, 4) is 11.5 Å². The van der Waals surface area contributed by atoms with Crippen LogP contribution in [0.15, 0.2) is 59.0 Å². The van der Waals surface area contributed by atoms with E-state index in [-0.39, 0.29) is 16.4 Å². The first kappa shape index (κ1) is 24.7. The standard InChI is InChI=1S/C26H22ClN5O4S/c1-15-4-8-19-23(12-15)36-25(28-19)17-5-7-18(27)20(13-17)29-26(37)30-24(33)16-6-9-21(22(14-16)32(34)35)31-10-2-3-11-31/h4-9,12-14H,2-3,10-11H2,1H3,(H2,29,30,33,37). The van der Waals surface area contributed by atoms with Gasteiger partial charge in [0.25, 0.3) is 11.6 Å². The Morgan fingerprint density at radius 2 is 1.92 bits per heavy atom. The lowest BCUT2D eigenvalue weighted by Gasteiger charge is -2.18. The molecule has 9 nitrogen and oxygen atoms in total. The van der Waals surface area contributed by atoms with Crippen LogP contribution >= 0.6 is 23.8 Å². The first-order chi connectivity index (χ1) is 17.8. The monoisotopic (exact) mass is 535 g/mol. The normalized spacial score (nSPS) is 13.1. The van der Waals surface area contributed by atoms with E-state index in [1.165, 1.54) is 6.07 Å². The number of thiocarbonyl (C=S) groups is 1. The molecule has 1 fully saturated rings. The number of aromatic nitrogens is 1. The van der Waals surface area contributed by atoms with Gasteiger partial charge in [-0.15, -0.1) is 0 Å². The van der Waals surface area contributed by atoms with E-state index in [0.717, 1.165) is 37.0 Å². The second kappa shape index (κ2) is 10.2. The second-order valence-corrected chi connectivity index (χ2v) is 9.56. The number of carbonyl (C=O) groups excluding carboxylic acids is 1. The molecule has 0 unspecified atom stereocenters. The number of amides is 1. The van der Waals surface area contributed by atoms with Crippen LogP contribution in [-0.4, -0.2) is 34.0 Å². The summed E-state index contributed by atoms with van der Waals surface area (Å²) in [6, 6.07) is 15.4. The van der Waals surface area contributed by atoms with Crippen molar-refractivity contribution in [3.05, 3.63) is 80.9 Å². The highest BCUT2D eigenvalue weighted by Crippen LogP contribution is 2.32. The number of hydrogen-bond donors (Lipinski definition) is 2. The van der Waals surface area contributed by atoms with Crippen molar-refractivity contribution in [2.75, 3.05) is 23.3 Å². The summed E-state index contributed by atoms with van der Waals surface area (Å²) >= 11 is 11.7. The van der Waals surface area contributed by atoms with Crippen LogP contribution in [0.1, 0.15) is 28.8 Å². The summed E-state index contributed by atoms with van der Waals surface area (Å²) in [5.74, 6) is -0.157. The maximum atomic E-state index is 12.8. The number of hydrogen-bond acceptors (Lipinski definition) is 7. The second-order valence-electron chi connectivity index (χ2n) is 8.75. The molecule has 0 bridgehead atoms. The molecule has 11 heteroatoms. The van der Waals surface area contributed by atoms with Crippen LogP contribution in [0, 0.1) is 17.0 Å². The lowest BCUT2D eigenvalue weighted by atomic mass is 10.1. The Morgan fingerprint density at radius 3 is 2.68 bits per heavy atom. The molecule has 2 heterocycles. The first-order valence-electron chi connectivity index (χ1n) is 11.6. The fourth-order valence-electron chi connectivity index (χ4n) is 4.27. The Hall–Kier alpha value is -4.02. The number of benzene rings is 3. The Bertz CT molecular complexity index is 1550. The molecule has 1 aliphatic heterocycles. The topological polar surface area (TPSA) is 114 Å². The molecular weight excluding hydrogens is 514 g/mol. The molecule has 0 spiro atoms. The highest BCUT2D eigenvalue weighted by molar-refractivity contribution is 7.80. The molecule has 0 radical (unpaired) electrons. The molecule has 0 saturated carbocycles. The van der Waals surface area contributed by atoms with Crippen LogP contribution in [0.4, 0.5) is 17.1 Å². The van der Waals surface area contributed by atoms with Crippen molar-refractivity contribution in [2.45, 2.75) is 19.8 Å². The molecule has 1 saturated heterocycles. The van der Waals surface area contributed by atoms with Gasteiger partial charge in [-0.2, -0.15) is 0 Å². The summed E-state index contributed by atoms with van der Waals surface area (Å²) in [5.41, 5.74) is 4.10. The zero-order chi connectivity index (χ0) is 26.1. The fraction of sp³-hybridized carbons (Fsp3) is 0.192. The minimum absolute atomic E-state index is 0.0106. The Labute approximate surface area is 222 Å². The quantitative estimate of drug-likeness (QED) is 0.179. The highest BCUT2D eigenvalue weighted by atomic mass is 35.5. The van der Waals surface area contributed by atoms with Crippen LogP contribution < -0.4 is 15.5 Å². The van der Waals surface area contributed by atoms with Crippen molar-refractivity contribution in [1.82, 2.24) is 10.3 Å². The molecule has 188 valence electrons. The number of fused-ring (bicyclic) bond motifs is 1. The van der Waals surface area contributed by atoms with E-state index in [9.17, 15) is 14.9 Å². The average Bonchev–Trinajstić information content (AvgIpc) is 3.55. The third kappa shape index (κ3) is 5.25. The van der Waals surface area contributed by atoms with Gasteiger partial charge in [-0.25, -0.2) is 4.98 Å². The number of nitrogens with zero attached hydrogens (tertiary/aromatic N) is 3. The van der Waals surface area contributed by atoms with Crippen molar-refractivity contribution in [2.24, 2.45) is 0 Å². The van der Waals surface area contributed by atoms with E-state index in [2.05, 4.69) is 15.6 Å². The van der Waals surface area contributed by atoms with Crippen molar-refractivity contribution in [1.29, 1.82) is 0 Å². The largest absolute Gasteiger partial charge is 0.436 e. The van der Waals surface area contributed by atoms with Crippen LogP contribution in [0.2, 0.25) is 5.02 Å². The van der Waals surface area contributed by atoms with Crippen LogP contribution in [-0.2, 0) is 0 Å². The summed E-state index contributed by atoms with van der Waals surface area (Å²) in [6.45, 7) is 3.48. The number of halogens is 1. The molecular formula is C26H22ClN5O4S. The van der Waals surface area contributed by atoms with Gasteiger partial charge in [0.1, 0.15) is 11.2 Å². The Morgan fingerprint density at radius 1 is 1.14 bits per heavy atom. The lowest BCUT2D eigenvalue weighted by molar-refractivity contribution is -0.384. The summed E-state index contributed by atoms with van der Waals surface area (Å²) < 4.78 is 5.89. The molecule has 2 N–H and O–H groups in total. The minimum Gasteiger partial charge on any atom is -0.436 e. The number of nitro benzene ring substituents is 1. The van der Waals surface area contributed by atoms with Gasteiger partial charge in [0, 0.05) is 30.3 Å². The minimum atomic E-state index is -0.574. The number of rotatable bonds is 5. The lowest BCUT2D eigenvalue weighted by Crippen LogP contribution is -2.34. The maximum absolute atomic E-state index is 12.8. The molecule has 1 aliphatic rings. The summed E-state index contributed by atoms with van der Waals surface area (Å²) in [6.07, 6.45) is 1.96. The number of nitro groups is 1. The Kier molecular flexibility index (Phi) is 6.77. The van der Waals surface area contributed by atoms with Crippen LogP contribution in [0.25, 0.3) is 22.6 Å². The SMILES string of the molecule is Cc1ccc2nc(-c3ccc(Cl)c(NC(=S)NC(=O)c4ccc(N5CCCC5)c([N+](=O)[O-])c4)c3)oc2c1. The van der Waals surface area contributed by atoms with E-state index in [1.54, 1.807) is 30.3 Å². The molecule has 37 heavy (non-hydrogen) atoms. The van der Waals surface area contributed by atoms with Gasteiger partial charge in [-0.1, -0.05) is 17.7 Å². The van der Waals surface area contributed by atoms with Crippen LogP contribution in [0.3, 0.4) is 0 Å². The Balaban J connectivity index is 1.32. The van der Waals surface area contributed by atoms with E-state index >= 15 is 0 Å². The van der Waals surface area contributed by atoms with Gasteiger partial charge in [-0.3, -0.25) is 20.2 Å². The van der Waals surface area contributed by atoms with E-state index in [1.807, 2.05) is 30.0 Å². The summed E-state index contributed by atoms with van der Waals surface area (Å²) in [7, 11) is 0. The van der Waals surface area contributed by atoms with Gasteiger partial charge < -0.3 is 14.6 Å². The first-order valence-corrected chi connectivity index (χ1v) is 12.4. The van der Waals surface area contributed by atoms with E-state index in [0.29, 0.717) is 33.4 Å². The van der Waals surface area contributed by atoms with Crippen molar-refractivity contribution < 1.29 is 14.1 Å². The number of nitrogens with one attached hydrogen (secondary N) is 2. The molecule has 5 rings (SSSR count). The molecule has 1 aromatic heterocycles.